The summed E-state index contributed by atoms with van der Waals surface area (Å²) >= 11 is 3.29. The van der Waals surface area contributed by atoms with Gasteiger partial charge >= 0.3 is 5.97 Å². The Kier molecular flexibility index (Phi) is 4.02. The minimum absolute atomic E-state index is 0.223. The summed E-state index contributed by atoms with van der Waals surface area (Å²) in [4.78, 5) is 11.5. The predicted octanol–water partition coefficient (Wildman–Crippen LogP) is 2.59. The van der Waals surface area contributed by atoms with Gasteiger partial charge in [0.15, 0.2) is 0 Å². The van der Waals surface area contributed by atoms with E-state index in [0.29, 0.717) is 18.5 Å². The first-order chi connectivity index (χ1) is 8.53. The maximum absolute atomic E-state index is 13.7. The molecule has 1 saturated heterocycles. The second-order valence-electron chi connectivity index (χ2n) is 4.78. The maximum Gasteiger partial charge on any atom is 0.311 e. The molecule has 2 rings (SSSR count). The van der Waals surface area contributed by atoms with Crippen molar-refractivity contribution in [2.45, 2.75) is 19.3 Å². The third-order valence-electron chi connectivity index (χ3n) is 3.46. The van der Waals surface area contributed by atoms with Crippen LogP contribution in [-0.4, -0.2) is 24.2 Å². The minimum Gasteiger partial charge on any atom is -0.481 e. The fourth-order valence-electron chi connectivity index (χ4n) is 2.42. The second-order valence-corrected chi connectivity index (χ2v) is 5.69. The van der Waals surface area contributed by atoms with E-state index in [-0.39, 0.29) is 12.2 Å². The molecular formula is C13H15BrFNO2. The lowest BCUT2D eigenvalue weighted by Gasteiger charge is -2.33. The molecule has 0 saturated carbocycles. The van der Waals surface area contributed by atoms with Crippen molar-refractivity contribution in [3.63, 3.8) is 0 Å². The smallest absolute Gasteiger partial charge is 0.311 e. The van der Waals surface area contributed by atoms with Crippen LogP contribution in [-0.2, 0) is 11.2 Å². The molecule has 1 aliphatic rings. The van der Waals surface area contributed by atoms with Crippen molar-refractivity contribution in [3.8, 4) is 0 Å². The van der Waals surface area contributed by atoms with Crippen molar-refractivity contribution in [1.82, 2.24) is 5.32 Å². The van der Waals surface area contributed by atoms with Gasteiger partial charge in [0.2, 0.25) is 0 Å². The molecular weight excluding hydrogens is 301 g/mol. The molecule has 0 radical (unpaired) electrons. The summed E-state index contributed by atoms with van der Waals surface area (Å²) in [6.45, 7) is 1.23. The molecule has 98 valence electrons. The third kappa shape index (κ3) is 2.72. The van der Waals surface area contributed by atoms with Crippen LogP contribution in [0.3, 0.4) is 0 Å². The first-order valence-corrected chi connectivity index (χ1v) is 6.71. The van der Waals surface area contributed by atoms with E-state index in [9.17, 15) is 14.3 Å². The molecule has 1 fully saturated rings. The summed E-state index contributed by atoms with van der Waals surface area (Å²) < 4.78 is 14.5. The molecule has 3 nitrogen and oxygen atoms in total. The van der Waals surface area contributed by atoms with Crippen LogP contribution in [0.15, 0.2) is 22.7 Å². The van der Waals surface area contributed by atoms with E-state index in [1.54, 1.807) is 12.1 Å². The number of halogens is 2. The number of nitrogens with one attached hydrogen (secondary N) is 1. The lowest BCUT2D eigenvalue weighted by molar-refractivity contribution is -0.150. The molecule has 1 aliphatic heterocycles. The molecule has 1 aromatic rings. The average molecular weight is 316 g/mol. The standard InChI is InChI=1S/C13H15BrFNO2/c14-10-2-3-11(15)9(6-10)7-13(12(17)18)4-1-5-16-8-13/h2-3,6,16H,1,4-5,7-8H2,(H,17,18). The van der Waals surface area contributed by atoms with Crippen molar-refractivity contribution in [2.75, 3.05) is 13.1 Å². The largest absolute Gasteiger partial charge is 0.481 e. The monoisotopic (exact) mass is 315 g/mol. The summed E-state index contributed by atoms with van der Waals surface area (Å²) in [5, 5.41) is 12.5. The molecule has 0 aliphatic carbocycles. The average Bonchev–Trinajstić information content (AvgIpc) is 2.35. The first-order valence-electron chi connectivity index (χ1n) is 5.92. The Morgan fingerprint density at radius 2 is 2.33 bits per heavy atom. The van der Waals surface area contributed by atoms with Crippen molar-refractivity contribution < 1.29 is 14.3 Å². The Balaban J connectivity index is 2.28. The highest BCUT2D eigenvalue weighted by molar-refractivity contribution is 9.10. The molecule has 1 aromatic carbocycles. The Labute approximate surface area is 114 Å². The molecule has 0 amide bonds. The van der Waals surface area contributed by atoms with E-state index < -0.39 is 11.4 Å². The van der Waals surface area contributed by atoms with Gasteiger partial charge in [-0.05, 0) is 49.6 Å². The van der Waals surface area contributed by atoms with Gasteiger partial charge in [0.1, 0.15) is 5.82 Å². The number of piperidine rings is 1. The number of carboxylic acid groups (broad SMARTS) is 1. The van der Waals surface area contributed by atoms with Gasteiger partial charge in [-0.3, -0.25) is 4.79 Å². The fourth-order valence-corrected chi connectivity index (χ4v) is 2.83. The van der Waals surface area contributed by atoms with Gasteiger partial charge in [0.05, 0.1) is 5.41 Å². The van der Waals surface area contributed by atoms with Gasteiger partial charge in [-0.15, -0.1) is 0 Å². The molecule has 0 bridgehead atoms. The Morgan fingerprint density at radius 1 is 1.56 bits per heavy atom. The zero-order valence-corrected chi connectivity index (χ0v) is 11.5. The number of rotatable bonds is 3. The van der Waals surface area contributed by atoms with Gasteiger partial charge in [-0.1, -0.05) is 15.9 Å². The molecule has 2 N–H and O–H groups in total. The van der Waals surface area contributed by atoms with Crippen molar-refractivity contribution >= 4 is 21.9 Å². The summed E-state index contributed by atoms with van der Waals surface area (Å²) in [7, 11) is 0. The van der Waals surface area contributed by atoms with Gasteiger partial charge in [0, 0.05) is 11.0 Å². The molecule has 0 aromatic heterocycles. The quantitative estimate of drug-likeness (QED) is 0.901. The second kappa shape index (κ2) is 5.36. The lowest BCUT2D eigenvalue weighted by Crippen LogP contribution is -2.47. The van der Waals surface area contributed by atoms with Crippen LogP contribution in [0.5, 0.6) is 0 Å². The molecule has 0 spiro atoms. The molecule has 18 heavy (non-hydrogen) atoms. The van der Waals surface area contributed by atoms with Crippen LogP contribution in [0.1, 0.15) is 18.4 Å². The van der Waals surface area contributed by atoms with Gasteiger partial charge < -0.3 is 10.4 Å². The van der Waals surface area contributed by atoms with Gasteiger partial charge in [-0.2, -0.15) is 0 Å². The predicted molar refractivity (Wildman–Crippen MR) is 70.0 cm³/mol. The Hall–Kier alpha value is -0.940. The molecule has 1 atom stereocenters. The van der Waals surface area contributed by atoms with Crippen LogP contribution >= 0.6 is 15.9 Å². The first kappa shape index (κ1) is 13.5. The van der Waals surface area contributed by atoms with Crippen molar-refractivity contribution in [2.24, 2.45) is 5.41 Å². The zero-order valence-electron chi connectivity index (χ0n) is 9.88. The van der Waals surface area contributed by atoms with E-state index in [2.05, 4.69) is 21.2 Å². The minimum atomic E-state index is -0.889. The number of carbonyl (C=O) groups is 1. The number of hydrogen-bond acceptors (Lipinski definition) is 2. The molecule has 5 heteroatoms. The summed E-state index contributed by atoms with van der Waals surface area (Å²) in [6.07, 6.45) is 1.61. The fraction of sp³-hybridized carbons (Fsp3) is 0.462. The number of carboxylic acids is 1. The Bertz CT molecular complexity index is 458. The van der Waals surface area contributed by atoms with E-state index in [1.165, 1.54) is 6.07 Å². The number of benzene rings is 1. The number of hydrogen-bond donors (Lipinski definition) is 2. The zero-order chi connectivity index (χ0) is 13.2. The lowest BCUT2D eigenvalue weighted by atomic mass is 9.76. The molecule has 1 heterocycles. The van der Waals surface area contributed by atoms with E-state index in [0.717, 1.165) is 17.4 Å². The summed E-state index contributed by atoms with van der Waals surface area (Å²) in [5.74, 6) is -1.20. The van der Waals surface area contributed by atoms with Gasteiger partial charge in [-0.25, -0.2) is 4.39 Å². The molecule has 1 unspecified atom stereocenters. The third-order valence-corrected chi connectivity index (χ3v) is 3.96. The number of aliphatic carboxylic acids is 1. The van der Waals surface area contributed by atoms with Crippen molar-refractivity contribution in [3.05, 3.63) is 34.1 Å². The van der Waals surface area contributed by atoms with E-state index in [4.69, 9.17) is 0 Å². The SMILES string of the molecule is O=C(O)C1(Cc2cc(Br)ccc2F)CCCNC1. The summed E-state index contributed by atoms with van der Waals surface area (Å²) in [5.41, 5.74) is -0.435. The van der Waals surface area contributed by atoms with Crippen LogP contribution in [0.25, 0.3) is 0 Å². The topological polar surface area (TPSA) is 49.3 Å². The highest BCUT2D eigenvalue weighted by Gasteiger charge is 2.40. The maximum atomic E-state index is 13.7. The van der Waals surface area contributed by atoms with E-state index >= 15 is 0 Å². The van der Waals surface area contributed by atoms with Crippen molar-refractivity contribution in [1.29, 1.82) is 0 Å². The normalized spacial score (nSPS) is 23.9. The highest BCUT2D eigenvalue weighted by atomic mass is 79.9. The highest BCUT2D eigenvalue weighted by Crippen LogP contribution is 2.32. The van der Waals surface area contributed by atoms with Gasteiger partial charge in [0.25, 0.3) is 0 Å². The van der Waals surface area contributed by atoms with Crippen LogP contribution in [0, 0.1) is 11.2 Å². The van der Waals surface area contributed by atoms with E-state index in [1.807, 2.05) is 0 Å². The van der Waals surface area contributed by atoms with Crippen LogP contribution < -0.4 is 5.32 Å². The summed E-state index contributed by atoms with van der Waals surface area (Å²) in [6, 6.07) is 4.64. The Morgan fingerprint density at radius 3 is 2.94 bits per heavy atom. The van der Waals surface area contributed by atoms with Crippen LogP contribution in [0.4, 0.5) is 4.39 Å². The van der Waals surface area contributed by atoms with Crippen LogP contribution in [0.2, 0.25) is 0 Å².